The van der Waals surface area contributed by atoms with E-state index < -0.39 is 0 Å². The van der Waals surface area contributed by atoms with Crippen molar-refractivity contribution in [3.8, 4) is 0 Å². The zero-order valence-electron chi connectivity index (χ0n) is 12.0. The highest BCUT2D eigenvalue weighted by Crippen LogP contribution is 2.32. The lowest BCUT2D eigenvalue weighted by Gasteiger charge is -2.31. The first-order valence-corrected chi connectivity index (χ1v) is 7.27. The number of nitrogens with zero attached hydrogens (tertiary/aromatic N) is 1. The molecular formula is C16H20N2O2. The molecule has 4 nitrogen and oxygen atoms in total. The highest BCUT2D eigenvalue weighted by atomic mass is 16.2. The Balaban J connectivity index is 1.87. The zero-order valence-corrected chi connectivity index (χ0v) is 12.0. The summed E-state index contributed by atoms with van der Waals surface area (Å²) in [5.74, 6) is 0.626. The Morgan fingerprint density at radius 1 is 1.30 bits per heavy atom. The van der Waals surface area contributed by atoms with E-state index in [1.165, 1.54) is 11.1 Å². The predicted molar refractivity (Wildman–Crippen MR) is 76.4 cm³/mol. The van der Waals surface area contributed by atoms with Gasteiger partial charge in [-0.3, -0.25) is 9.59 Å². The van der Waals surface area contributed by atoms with Crippen LogP contribution in [0.4, 0.5) is 0 Å². The van der Waals surface area contributed by atoms with Crippen LogP contribution in [0, 0.1) is 0 Å². The fourth-order valence-corrected chi connectivity index (χ4v) is 3.20. The van der Waals surface area contributed by atoms with Gasteiger partial charge in [0.15, 0.2) is 0 Å². The van der Waals surface area contributed by atoms with Gasteiger partial charge in [0, 0.05) is 25.1 Å². The molecule has 0 bridgehead atoms. The Bertz CT molecular complexity index is 556. The molecule has 1 N–H and O–H groups in total. The second-order valence-electron chi connectivity index (χ2n) is 5.96. The van der Waals surface area contributed by atoms with E-state index in [0.717, 1.165) is 12.0 Å². The topological polar surface area (TPSA) is 49.4 Å². The van der Waals surface area contributed by atoms with Crippen LogP contribution in [0.1, 0.15) is 54.1 Å². The summed E-state index contributed by atoms with van der Waals surface area (Å²) in [5, 5.41) is 2.86. The van der Waals surface area contributed by atoms with Gasteiger partial charge in [-0.15, -0.1) is 0 Å². The van der Waals surface area contributed by atoms with Crippen molar-refractivity contribution < 1.29 is 9.59 Å². The van der Waals surface area contributed by atoms with Crippen LogP contribution >= 0.6 is 0 Å². The van der Waals surface area contributed by atoms with E-state index in [0.29, 0.717) is 25.4 Å². The minimum atomic E-state index is 0.0910. The Morgan fingerprint density at radius 3 is 2.75 bits per heavy atom. The van der Waals surface area contributed by atoms with Gasteiger partial charge in [0.25, 0.3) is 5.91 Å². The molecule has 1 unspecified atom stereocenters. The molecule has 20 heavy (non-hydrogen) atoms. The number of hydrogen-bond donors (Lipinski definition) is 1. The normalized spacial score (nSPS) is 22.1. The third kappa shape index (κ3) is 2.09. The van der Waals surface area contributed by atoms with Crippen molar-refractivity contribution in [2.75, 3.05) is 6.54 Å². The van der Waals surface area contributed by atoms with Gasteiger partial charge in [-0.1, -0.05) is 26.0 Å². The van der Waals surface area contributed by atoms with Crippen LogP contribution in [-0.2, 0) is 11.3 Å². The molecule has 1 aromatic rings. The number of nitrogens with one attached hydrogen (secondary N) is 1. The molecular weight excluding hydrogens is 252 g/mol. The van der Waals surface area contributed by atoms with E-state index in [-0.39, 0.29) is 17.9 Å². The van der Waals surface area contributed by atoms with Gasteiger partial charge >= 0.3 is 0 Å². The predicted octanol–water partition coefficient (Wildman–Crippen LogP) is 2.04. The number of rotatable bonds is 2. The average Bonchev–Trinajstić information content (AvgIpc) is 2.77. The Kier molecular flexibility index (Phi) is 3.24. The smallest absolute Gasteiger partial charge is 0.254 e. The first kappa shape index (κ1) is 13.2. The Hall–Kier alpha value is -1.84. The standard InChI is InChI=1S/C16H20N2O2/c1-10(2)12-4-3-5-13-14(12)9-18(16(13)20)11-6-7-15(19)17-8-11/h3-5,10-11H,6-9H2,1-2H3,(H,17,19). The Labute approximate surface area is 119 Å². The summed E-state index contributed by atoms with van der Waals surface area (Å²) in [5.41, 5.74) is 3.27. The molecule has 2 heterocycles. The van der Waals surface area contributed by atoms with E-state index >= 15 is 0 Å². The van der Waals surface area contributed by atoms with Gasteiger partial charge in [-0.25, -0.2) is 0 Å². The third-order valence-corrected chi connectivity index (χ3v) is 4.33. The number of hydrogen-bond acceptors (Lipinski definition) is 2. The van der Waals surface area contributed by atoms with E-state index in [2.05, 4.69) is 25.2 Å². The van der Waals surface area contributed by atoms with E-state index in [1.54, 1.807) is 0 Å². The van der Waals surface area contributed by atoms with Crippen LogP contribution in [0.3, 0.4) is 0 Å². The summed E-state index contributed by atoms with van der Waals surface area (Å²) in [6.07, 6.45) is 1.28. The van der Waals surface area contributed by atoms with E-state index in [4.69, 9.17) is 0 Å². The monoisotopic (exact) mass is 272 g/mol. The second-order valence-corrected chi connectivity index (χ2v) is 5.96. The molecule has 0 saturated carbocycles. The molecule has 4 heteroatoms. The fourth-order valence-electron chi connectivity index (χ4n) is 3.20. The van der Waals surface area contributed by atoms with Crippen molar-refractivity contribution in [1.82, 2.24) is 10.2 Å². The SMILES string of the molecule is CC(C)c1cccc2c1CN(C1CCC(=O)NC1)C2=O. The maximum atomic E-state index is 12.6. The third-order valence-electron chi connectivity index (χ3n) is 4.33. The summed E-state index contributed by atoms with van der Waals surface area (Å²) in [4.78, 5) is 25.7. The molecule has 2 aliphatic heterocycles. The second kappa shape index (κ2) is 4.93. The maximum Gasteiger partial charge on any atom is 0.254 e. The number of carbonyl (C=O) groups is 2. The summed E-state index contributed by atoms with van der Waals surface area (Å²) < 4.78 is 0. The highest BCUT2D eigenvalue weighted by Gasteiger charge is 2.35. The first-order chi connectivity index (χ1) is 9.58. The summed E-state index contributed by atoms with van der Waals surface area (Å²) >= 11 is 0. The minimum absolute atomic E-state index is 0.0910. The lowest BCUT2D eigenvalue weighted by Crippen LogP contribution is -2.48. The fraction of sp³-hybridized carbons (Fsp3) is 0.500. The van der Waals surface area contributed by atoms with Crippen LogP contribution in [0.5, 0.6) is 0 Å². The number of benzene rings is 1. The van der Waals surface area contributed by atoms with Gasteiger partial charge in [0.1, 0.15) is 0 Å². The van der Waals surface area contributed by atoms with Gasteiger partial charge in [0.05, 0.1) is 6.04 Å². The molecule has 2 aliphatic rings. The molecule has 0 spiro atoms. The van der Waals surface area contributed by atoms with Crippen LogP contribution in [0.2, 0.25) is 0 Å². The van der Waals surface area contributed by atoms with Crippen LogP contribution < -0.4 is 5.32 Å². The lowest BCUT2D eigenvalue weighted by atomic mass is 9.95. The van der Waals surface area contributed by atoms with E-state index in [1.807, 2.05) is 17.0 Å². The molecule has 1 atom stereocenters. The van der Waals surface area contributed by atoms with Crippen LogP contribution in [0.25, 0.3) is 0 Å². The lowest BCUT2D eigenvalue weighted by molar-refractivity contribution is -0.123. The van der Waals surface area contributed by atoms with Gasteiger partial charge in [-0.05, 0) is 29.5 Å². The number of carbonyl (C=O) groups excluding carboxylic acids is 2. The summed E-state index contributed by atoms with van der Waals surface area (Å²) in [6.45, 7) is 5.58. The van der Waals surface area contributed by atoms with Gasteiger partial charge < -0.3 is 10.2 Å². The largest absolute Gasteiger partial charge is 0.354 e. The van der Waals surface area contributed by atoms with Crippen molar-refractivity contribution in [3.63, 3.8) is 0 Å². The molecule has 1 saturated heterocycles. The molecule has 3 rings (SSSR count). The van der Waals surface area contributed by atoms with Crippen molar-refractivity contribution in [2.45, 2.75) is 45.2 Å². The quantitative estimate of drug-likeness (QED) is 0.895. The number of amides is 2. The Morgan fingerprint density at radius 2 is 2.10 bits per heavy atom. The molecule has 0 radical (unpaired) electrons. The molecule has 2 amide bonds. The van der Waals surface area contributed by atoms with Gasteiger partial charge in [0.2, 0.25) is 5.91 Å². The van der Waals surface area contributed by atoms with Crippen molar-refractivity contribution in [3.05, 3.63) is 34.9 Å². The highest BCUT2D eigenvalue weighted by molar-refractivity contribution is 5.99. The summed E-state index contributed by atoms with van der Waals surface area (Å²) in [6, 6.07) is 6.14. The molecule has 106 valence electrons. The van der Waals surface area contributed by atoms with Crippen molar-refractivity contribution in [1.29, 1.82) is 0 Å². The summed E-state index contributed by atoms with van der Waals surface area (Å²) in [7, 11) is 0. The molecule has 1 fully saturated rings. The van der Waals surface area contributed by atoms with E-state index in [9.17, 15) is 9.59 Å². The zero-order chi connectivity index (χ0) is 14.3. The van der Waals surface area contributed by atoms with Crippen molar-refractivity contribution >= 4 is 11.8 Å². The maximum absolute atomic E-state index is 12.6. The van der Waals surface area contributed by atoms with Crippen molar-refractivity contribution in [2.24, 2.45) is 0 Å². The molecule has 1 aromatic carbocycles. The molecule has 0 aromatic heterocycles. The number of piperidine rings is 1. The average molecular weight is 272 g/mol. The number of fused-ring (bicyclic) bond motifs is 1. The minimum Gasteiger partial charge on any atom is -0.354 e. The first-order valence-electron chi connectivity index (χ1n) is 7.27. The van der Waals surface area contributed by atoms with Crippen LogP contribution in [0.15, 0.2) is 18.2 Å². The van der Waals surface area contributed by atoms with Gasteiger partial charge in [-0.2, -0.15) is 0 Å². The molecule has 0 aliphatic carbocycles. The van der Waals surface area contributed by atoms with Crippen LogP contribution in [-0.4, -0.2) is 29.3 Å².